The van der Waals surface area contributed by atoms with Gasteiger partial charge in [-0.25, -0.2) is 0 Å². The SMILES string of the molecule is CNC(=O)c1cc([N+](=O)[O-])c(NCCC(=O)OC)cc1Cl. The number of halogens is 1. The molecule has 0 bridgehead atoms. The fraction of sp³-hybridized carbons (Fsp3) is 0.333. The summed E-state index contributed by atoms with van der Waals surface area (Å²) in [5.74, 6) is -0.970. The average molecular weight is 316 g/mol. The van der Waals surface area contributed by atoms with Gasteiger partial charge >= 0.3 is 5.97 Å². The van der Waals surface area contributed by atoms with E-state index in [-0.39, 0.29) is 34.9 Å². The van der Waals surface area contributed by atoms with E-state index in [2.05, 4.69) is 15.4 Å². The molecule has 9 heteroatoms. The third kappa shape index (κ3) is 4.32. The van der Waals surface area contributed by atoms with Gasteiger partial charge in [-0.1, -0.05) is 11.6 Å². The molecule has 21 heavy (non-hydrogen) atoms. The minimum Gasteiger partial charge on any atom is -0.469 e. The molecule has 0 saturated carbocycles. The fourth-order valence-electron chi connectivity index (χ4n) is 1.56. The Balaban J connectivity index is 3.03. The van der Waals surface area contributed by atoms with Gasteiger partial charge in [-0.15, -0.1) is 0 Å². The van der Waals surface area contributed by atoms with E-state index in [0.29, 0.717) is 0 Å². The fourth-order valence-corrected chi connectivity index (χ4v) is 1.81. The first kappa shape index (κ1) is 16.7. The molecule has 1 rings (SSSR count). The molecule has 0 fully saturated rings. The van der Waals surface area contributed by atoms with Gasteiger partial charge in [0.25, 0.3) is 11.6 Å². The summed E-state index contributed by atoms with van der Waals surface area (Å²) in [7, 11) is 2.65. The van der Waals surface area contributed by atoms with E-state index in [1.807, 2.05) is 0 Å². The Morgan fingerprint density at radius 1 is 1.43 bits per heavy atom. The number of ether oxygens (including phenoxy) is 1. The number of nitrogens with zero attached hydrogens (tertiary/aromatic N) is 1. The first-order valence-corrected chi connectivity index (χ1v) is 6.29. The molecule has 0 heterocycles. The molecule has 0 aromatic heterocycles. The Kier molecular flexibility index (Phi) is 5.92. The standard InChI is InChI=1S/C12H14ClN3O5/c1-14-12(18)7-5-10(16(19)20)9(6-8(7)13)15-4-3-11(17)21-2/h5-6,15H,3-4H2,1-2H3,(H,14,18). The maximum atomic E-state index is 11.6. The van der Waals surface area contributed by atoms with Crippen LogP contribution in [0.15, 0.2) is 12.1 Å². The molecule has 1 amide bonds. The molecule has 0 atom stereocenters. The summed E-state index contributed by atoms with van der Waals surface area (Å²) in [5, 5.41) is 16.2. The first-order chi connectivity index (χ1) is 9.90. The molecule has 0 aliphatic rings. The Morgan fingerprint density at radius 3 is 2.62 bits per heavy atom. The highest BCUT2D eigenvalue weighted by molar-refractivity contribution is 6.34. The van der Waals surface area contributed by atoms with E-state index in [0.717, 1.165) is 6.07 Å². The molecule has 0 unspecified atom stereocenters. The minimum atomic E-state index is -0.636. The maximum Gasteiger partial charge on any atom is 0.307 e. The second-order valence-electron chi connectivity index (χ2n) is 3.94. The zero-order valence-electron chi connectivity index (χ0n) is 11.4. The van der Waals surface area contributed by atoms with E-state index in [1.165, 1.54) is 20.2 Å². The van der Waals surface area contributed by atoms with Crippen LogP contribution in [0.5, 0.6) is 0 Å². The van der Waals surface area contributed by atoms with Crippen molar-refractivity contribution in [1.29, 1.82) is 0 Å². The van der Waals surface area contributed by atoms with Crippen molar-refractivity contribution in [3.05, 3.63) is 32.8 Å². The molecule has 1 aromatic carbocycles. The van der Waals surface area contributed by atoms with Crippen LogP contribution >= 0.6 is 11.6 Å². The predicted octanol–water partition coefficient (Wildman–Crippen LogP) is 1.58. The van der Waals surface area contributed by atoms with Crippen molar-refractivity contribution in [2.45, 2.75) is 6.42 Å². The van der Waals surface area contributed by atoms with E-state index in [9.17, 15) is 19.7 Å². The van der Waals surface area contributed by atoms with Gasteiger partial charge in [-0.05, 0) is 6.07 Å². The van der Waals surface area contributed by atoms with Crippen molar-refractivity contribution in [3.63, 3.8) is 0 Å². The summed E-state index contributed by atoms with van der Waals surface area (Å²) in [5.41, 5.74) is -0.172. The Hall–Kier alpha value is -2.35. The van der Waals surface area contributed by atoms with Gasteiger partial charge in [0, 0.05) is 19.7 Å². The summed E-state index contributed by atoms with van der Waals surface area (Å²) in [6, 6.07) is 2.36. The second kappa shape index (κ2) is 7.44. The minimum absolute atomic E-state index is 0.00406. The van der Waals surface area contributed by atoms with Crippen molar-refractivity contribution in [1.82, 2.24) is 5.32 Å². The number of esters is 1. The molecule has 8 nitrogen and oxygen atoms in total. The summed E-state index contributed by atoms with van der Waals surface area (Å²) in [6.45, 7) is 0.142. The summed E-state index contributed by atoms with van der Waals surface area (Å²) < 4.78 is 4.46. The van der Waals surface area contributed by atoms with Crippen LogP contribution in [0.4, 0.5) is 11.4 Å². The van der Waals surface area contributed by atoms with Crippen molar-refractivity contribution in [2.75, 3.05) is 26.0 Å². The van der Waals surface area contributed by atoms with Crippen molar-refractivity contribution in [3.8, 4) is 0 Å². The lowest BCUT2D eigenvalue weighted by Gasteiger charge is -2.09. The Labute approximate surface area is 125 Å². The molecule has 0 spiro atoms. The number of carbonyl (C=O) groups excluding carboxylic acids is 2. The molecule has 0 aliphatic carbocycles. The zero-order chi connectivity index (χ0) is 16.0. The van der Waals surface area contributed by atoms with Gasteiger partial charge in [0.1, 0.15) is 5.69 Å². The van der Waals surface area contributed by atoms with Gasteiger partial charge in [-0.3, -0.25) is 19.7 Å². The van der Waals surface area contributed by atoms with Crippen LogP contribution in [0.1, 0.15) is 16.8 Å². The number of rotatable bonds is 6. The van der Waals surface area contributed by atoms with Crippen LogP contribution in [0.2, 0.25) is 5.02 Å². The topological polar surface area (TPSA) is 111 Å². The van der Waals surface area contributed by atoms with Crippen molar-refractivity contribution in [2.24, 2.45) is 0 Å². The number of benzene rings is 1. The molecular weight excluding hydrogens is 302 g/mol. The summed E-state index contributed by atoms with van der Waals surface area (Å²) in [6.07, 6.45) is 0.0441. The lowest BCUT2D eigenvalue weighted by Crippen LogP contribution is -2.19. The number of hydrogen-bond donors (Lipinski definition) is 2. The third-order valence-electron chi connectivity index (χ3n) is 2.63. The van der Waals surface area contributed by atoms with Crippen LogP contribution in [-0.4, -0.2) is 37.5 Å². The quantitative estimate of drug-likeness (QED) is 0.468. The lowest BCUT2D eigenvalue weighted by molar-refractivity contribution is -0.384. The highest BCUT2D eigenvalue weighted by atomic mass is 35.5. The van der Waals surface area contributed by atoms with Crippen LogP contribution in [0.3, 0.4) is 0 Å². The van der Waals surface area contributed by atoms with E-state index in [1.54, 1.807) is 0 Å². The average Bonchev–Trinajstić information content (AvgIpc) is 2.46. The summed E-state index contributed by atoms with van der Waals surface area (Å²) >= 11 is 5.93. The van der Waals surface area contributed by atoms with Gasteiger partial charge in [0.05, 0.1) is 29.0 Å². The normalized spacial score (nSPS) is 9.86. The first-order valence-electron chi connectivity index (χ1n) is 5.91. The van der Waals surface area contributed by atoms with Crippen LogP contribution in [0.25, 0.3) is 0 Å². The summed E-state index contributed by atoms with van der Waals surface area (Å²) in [4.78, 5) is 33.0. The Morgan fingerprint density at radius 2 is 2.10 bits per heavy atom. The van der Waals surface area contributed by atoms with E-state index < -0.39 is 16.8 Å². The number of hydrogen-bond acceptors (Lipinski definition) is 6. The largest absolute Gasteiger partial charge is 0.469 e. The van der Waals surface area contributed by atoms with Gasteiger partial charge in [0.2, 0.25) is 0 Å². The highest BCUT2D eigenvalue weighted by Gasteiger charge is 2.20. The number of nitro groups is 1. The smallest absolute Gasteiger partial charge is 0.307 e. The second-order valence-corrected chi connectivity index (χ2v) is 4.35. The molecular formula is C12H14ClN3O5. The lowest BCUT2D eigenvalue weighted by atomic mass is 10.1. The number of carbonyl (C=O) groups is 2. The van der Waals surface area contributed by atoms with Crippen LogP contribution in [0, 0.1) is 10.1 Å². The monoisotopic (exact) mass is 315 g/mol. The predicted molar refractivity (Wildman–Crippen MR) is 76.6 cm³/mol. The molecule has 0 radical (unpaired) electrons. The molecule has 0 saturated heterocycles. The van der Waals surface area contributed by atoms with E-state index in [4.69, 9.17) is 11.6 Å². The molecule has 0 aliphatic heterocycles. The maximum absolute atomic E-state index is 11.6. The highest BCUT2D eigenvalue weighted by Crippen LogP contribution is 2.31. The van der Waals surface area contributed by atoms with E-state index >= 15 is 0 Å². The molecule has 1 aromatic rings. The van der Waals surface area contributed by atoms with Crippen molar-refractivity contribution >= 4 is 34.9 Å². The van der Waals surface area contributed by atoms with Crippen LogP contribution < -0.4 is 10.6 Å². The molecule has 2 N–H and O–H groups in total. The molecule has 114 valence electrons. The van der Waals surface area contributed by atoms with Gasteiger partial charge in [0.15, 0.2) is 0 Å². The Bertz CT molecular complexity index is 576. The number of amides is 1. The van der Waals surface area contributed by atoms with Crippen molar-refractivity contribution < 1.29 is 19.2 Å². The number of nitrogens with one attached hydrogen (secondary N) is 2. The van der Waals surface area contributed by atoms with Gasteiger partial charge < -0.3 is 15.4 Å². The third-order valence-corrected chi connectivity index (χ3v) is 2.94. The number of methoxy groups -OCH3 is 1. The zero-order valence-corrected chi connectivity index (χ0v) is 12.2. The van der Waals surface area contributed by atoms with Gasteiger partial charge in [-0.2, -0.15) is 0 Å². The number of nitro benzene ring substituents is 1. The van der Waals surface area contributed by atoms with Crippen LogP contribution in [-0.2, 0) is 9.53 Å². The number of anilines is 1.